The lowest BCUT2D eigenvalue weighted by molar-refractivity contribution is -0.137. The molecular formula is C30H30Cl2N4O3. The number of carbonyl (C=O) groups excluding carboxylic acids is 3. The number of nitrogens with one attached hydrogen (secondary N) is 1. The molecule has 2 aliphatic heterocycles. The first-order valence-electron chi connectivity index (χ1n) is 13.0. The molecule has 3 aromatic carbocycles. The van der Waals surface area contributed by atoms with Crippen LogP contribution in [0.5, 0.6) is 0 Å². The number of likely N-dealkylation sites (tertiary alicyclic amines) is 1. The number of benzene rings is 3. The van der Waals surface area contributed by atoms with E-state index in [2.05, 4.69) is 10.2 Å². The van der Waals surface area contributed by atoms with E-state index in [0.717, 1.165) is 11.3 Å². The third kappa shape index (κ3) is 5.60. The molecule has 3 aromatic rings. The molecule has 9 heteroatoms. The van der Waals surface area contributed by atoms with E-state index in [4.69, 9.17) is 23.2 Å². The Morgan fingerprint density at radius 2 is 1.51 bits per heavy atom. The number of amides is 3. The molecule has 3 amide bonds. The van der Waals surface area contributed by atoms with Crippen LogP contribution in [0, 0.1) is 0 Å². The van der Waals surface area contributed by atoms with E-state index < -0.39 is 5.54 Å². The molecule has 2 heterocycles. The Kier molecular flexibility index (Phi) is 7.82. The maximum atomic E-state index is 14.0. The Balaban J connectivity index is 1.32. The molecule has 7 nitrogen and oxygen atoms in total. The van der Waals surface area contributed by atoms with E-state index in [1.165, 1.54) is 0 Å². The van der Waals surface area contributed by atoms with Crippen LogP contribution in [0.1, 0.15) is 41.7 Å². The predicted octanol–water partition coefficient (Wildman–Crippen LogP) is 5.15. The Labute approximate surface area is 238 Å². The van der Waals surface area contributed by atoms with E-state index in [9.17, 15) is 14.4 Å². The smallest absolute Gasteiger partial charge is 0.253 e. The Morgan fingerprint density at radius 3 is 2.13 bits per heavy atom. The first-order valence-corrected chi connectivity index (χ1v) is 13.7. The highest BCUT2D eigenvalue weighted by Crippen LogP contribution is 2.39. The molecule has 39 heavy (non-hydrogen) atoms. The highest BCUT2D eigenvalue weighted by Gasteiger charge is 2.54. The SMILES string of the molecule is CC(NC(=O)CN1CN(c2ccccc2)C2(CCN(C(=O)c3cc(Cl)cc(Cl)c3)CC2)C1=O)c1ccccc1. The van der Waals surface area contributed by atoms with Crippen LogP contribution in [0.2, 0.25) is 10.0 Å². The van der Waals surface area contributed by atoms with E-state index in [1.54, 1.807) is 28.0 Å². The summed E-state index contributed by atoms with van der Waals surface area (Å²) in [6.07, 6.45) is 0.888. The molecule has 0 bridgehead atoms. The molecular weight excluding hydrogens is 535 g/mol. The topological polar surface area (TPSA) is 73.0 Å². The molecule has 202 valence electrons. The summed E-state index contributed by atoms with van der Waals surface area (Å²) in [5.74, 6) is -0.473. The molecule has 5 rings (SSSR count). The summed E-state index contributed by atoms with van der Waals surface area (Å²) in [6, 6.07) is 24.1. The second-order valence-electron chi connectivity index (χ2n) is 10.1. The zero-order valence-electron chi connectivity index (χ0n) is 21.6. The van der Waals surface area contributed by atoms with Gasteiger partial charge in [0.2, 0.25) is 5.91 Å². The summed E-state index contributed by atoms with van der Waals surface area (Å²) in [5, 5.41) is 3.81. The van der Waals surface area contributed by atoms with Gasteiger partial charge in [-0.1, -0.05) is 71.7 Å². The van der Waals surface area contributed by atoms with Gasteiger partial charge in [-0.3, -0.25) is 14.4 Å². The summed E-state index contributed by atoms with van der Waals surface area (Å²) in [4.78, 5) is 45.6. The number of para-hydroxylation sites is 1. The Morgan fingerprint density at radius 1 is 0.923 bits per heavy atom. The second kappa shape index (κ2) is 11.3. The molecule has 1 N–H and O–H groups in total. The molecule has 0 aliphatic carbocycles. The molecule has 1 atom stereocenters. The summed E-state index contributed by atoms with van der Waals surface area (Å²) in [7, 11) is 0. The minimum absolute atomic E-state index is 0.0370. The first-order chi connectivity index (χ1) is 18.8. The third-order valence-corrected chi connectivity index (χ3v) is 8.02. The van der Waals surface area contributed by atoms with Crippen molar-refractivity contribution in [1.82, 2.24) is 15.1 Å². The summed E-state index contributed by atoms with van der Waals surface area (Å²) < 4.78 is 0. The predicted molar refractivity (Wildman–Crippen MR) is 153 cm³/mol. The normalized spacial score (nSPS) is 17.4. The van der Waals surface area contributed by atoms with Crippen LogP contribution >= 0.6 is 23.2 Å². The molecule has 2 aliphatic rings. The fraction of sp³-hybridized carbons (Fsp3) is 0.300. The minimum Gasteiger partial charge on any atom is -0.348 e. The fourth-order valence-corrected chi connectivity index (χ4v) is 6.07. The minimum atomic E-state index is -0.838. The number of carbonyl (C=O) groups is 3. The van der Waals surface area contributed by atoms with Gasteiger partial charge < -0.3 is 20.0 Å². The van der Waals surface area contributed by atoms with Gasteiger partial charge in [0.15, 0.2) is 0 Å². The van der Waals surface area contributed by atoms with Crippen LogP contribution in [0.15, 0.2) is 78.9 Å². The molecule has 2 saturated heterocycles. The average molecular weight is 566 g/mol. The van der Waals surface area contributed by atoms with Crippen molar-refractivity contribution < 1.29 is 14.4 Å². The zero-order valence-corrected chi connectivity index (χ0v) is 23.2. The fourth-order valence-electron chi connectivity index (χ4n) is 5.55. The first kappa shape index (κ1) is 27.0. The highest BCUT2D eigenvalue weighted by molar-refractivity contribution is 6.35. The van der Waals surface area contributed by atoms with Crippen molar-refractivity contribution in [2.24, 2.45) is 0 Å². The largest absolute Gasteiger partial charge is 0.348 e. The van der Waals surface area contributed by atoms with Crippen LogP contribution in [0.4, 0.5) is 5.69 Å². The summed E-state index contributed by atoms with van der Waals surface area (Å²) >= 11 is 12.2. The molecule has 2 fully saturated rings. The van der Waals surface area contributed by atoms with E-state index in [1.807, 2.05) is 67.6 Å². The number of hydrogen-bond donors (Lipinski definition) is 1. The highest BCUT2D eigenvalue weighted by atomic mass is 35.5. The number of halogens is 2. The van der Waals surface area contributed by atoms with Gasteiger partial charge >= 0.3 is 0 Å². The van der Waals surface area contributed by atoms with E-state index in [0.29, 0.717) is 48.2 Å². The number of hydrogen-bond acceptors (Lipinski definition) is 4. The molecule has 0 radical (unpaired) electrons. The lowest BCUT2D eigenvalue weighted by atomic mass is 9.85. The quantitative estimate of drug-likeness (QED) is 0.449. The van der Waals surface area contributed by atoms with Crippen LogP contribution in [-0.4, -0.2) is 59.4 Å². The lowest BCUT2D eigenvalue weighted by Gasteiger charge is -2.43. The van der Waals surface area contributed by atoms with Crippen LogP contribution in [0.3, 0.4) is 0 Å². The van der Waals surface area contributed by atoms with Crippen molar-refractivity contribution >= 4 is 46.6 Å². The third-order valence-electron chi connectivity index (χ3n) is 7.58. The van der Waals surface area contributed by atoms with Crippen molar-refractivity contribution in [3.8, 4) is 0 Å². The lowest BCUT2D eigenvalue weighted by Crippen LogP contribution is -2.57. The number of nitrogens with zero attached hydrogens (tertiary/aromatic N) is 3. The van der Waals surface area contributed by atoms with E-state index >= 15 is 0 Å². The Hall–Kier alpha value is -3.55. The van der Waals surface area contributed by atoms with Crippen molar-refractivity contribution in [3.05, 3.63) is 100 Å². The van der Waals surface area contributed by atoms with Crippen molar-refractivity contribution in [1.29, 1.82) is 0 Å². The van der Waals surface area contributed by atoms with Crippen molar-refractivity contribution in [2.45, 2.75) is 31.3 Å². The van der Waals surface area contributed by atoms with Gasteiger partial charge in [-0.05, 0) is 55.7 Å². The van der Waals surface area contributed by atoms with Gasteiger partial charge in [-0.15, -0.1) is 0 Å². The maximum absolute atomic E-state index is 14.0. The monoisotopic (exact) mass is 564 g/mol. The van der Waals surface area contributed by atoms with Crippen molar-refractivity contribution in [3.63, 3.8) is 0 Å². The standard InChI is InChI=1S/C30H30Cl2N4O3/c1-21(22-8-4-2-5-9-22)33-27(37)19-35-20-36(26-10-6-3-7-11-26)30(29(35)39)12-14-34(15-13-30)28(38)23-16-24(31)18-25(32)17-23/h2-11,16-18,21H,12-15,19-20H2,1H3,(H,33,37). The van der Waals surface area contributed by atoms with Crippen LogP contribution < -0.4 is 10.2 Å². The number of anilines is 1. The molecule has 0 saturated carbocycles. The Bertz CT molecular complexity index is 1340. The van der Waals surface area contributed by atoms with Gasteiger partial charge in [0.05, 0.1) is 12.7 Å². The van der Waals surface area contributed by atoms with Gasteiger partial charge in [-0.2, -0.15) is 0 Å². The summed E-state index contributed by atoms with van der Waals surface area (Å²) in [5.41, 5.74) is 1.49. The molecule has 1 spiro atoms. The van der Waals surface area contributed by atoms with Gasteiger partial charge in [0.25, 0.3) is 11.8 Å². The van der Waals surface area contributed by atoms with Gasteiger partial charge in [0.1, 0.15) is 12.1 Å². The van der Waals surface area contributed by atoms with Crippen LogP contribution in [-0.2, 0) is 9.59 Å². The second-order valence-corrected chi connectivity index (χ2v) is 11.0. The zero-order chi connectivity index (χ0) is 27.6. The van der Waals surface area contributed by atoms with Crippen LogP contribution in [0.25, 0.3) is 0 Å². The van der Waals surface area contributed by atoms with E-state index in [-0.39, 0.29) is 30.3 Å². The number of piperidine rings is 1. The number of rotatable bonds is 6. The molecule has 1 unspecified atom stereocenters. The summed E-state index contributed by atoms with van der Waals surface area (Å²) in [6.45, 7) is 2.97. The average Bonchev–Trinajstić information content (AvgIpc) is 3.19. The van der Waals surface area contributed by atoms with Crippen molar-refractivity contribution in [2.75, 3.05) is 31.2 Å². The van der Waals surface area contributed by atoms with Gasteiger partial charge in [0, 0.05) is 34.4 Å². The maximum Gasteiger partial charge on any atom is 0.253 e. The van der Waals surface area contributed by atoms with Gasteiger partial charge in [-0.25, -0.2) is 0 Å². The molecule has 0 aromatic heterocycles.